The molecule has 0 fully saturated rings. The molecule has 0 heterocycles. The van der Waals surface area contributed by atoms with E-state index in [4.69, 9.17) is 4.74 Å². The predicted molar refractivity (Wildman–Crippen MR) is 82.4 cm³/mol. The van der Waals surface area contributed by atoms with E-state index in [9.17, 15) is 0 Å². The first kappa shape index (κ1) is 14.1. The van der Waals surface area contributed by atoms with Crippen molar-refractivity contribution in [2.24, 2.45) is 0 Å². The maximum Gasteiger partial charge on any atom is 0.138 e. The number of halogens is 1. The second-order valence-corrected chi connectivity index (χ2v) is 5.28. The Kier molecular flexibility index (Phi) is 5.00. The normalized spacial score (nSPS) is 12.2. The molecule has 19 heavy (non-hydrogen) atoms. The molecular weight excluding hydrogens is 302 g/mol. The van der Waals surface area contributed by atoms with E-state index >= 15 is 0 Å². The number of hydrogen-bond acceptors (Lipinski definition) is 2. The summed E-state index contributed by atoms with van der Waals surface area (Å²) in [6, 6.07) is 16.4. The van der Waals surface area contributed by atoms with Crippen molar-refractivity contribution in [1.82, 2.24) is 5.32 Å². The number of para-hydroxylation sites is 1. The topological polar surface area (TPSA) is 21.3 Å². The Morgan fingerprint density at radius 2 is 1.84 bits per heavy atom. The molecule has 0 amide bonds. The van der Waals surface area contributed by atoms with Crippen molar-refractivity contribution >= 4 is 15.9 Å². The Balaban J connectivity index is 2.23. The highest BCUT2D eigenvalue weighted by atomic mass is 79.9. The molecule has 100 valence electrons. The molecule has 2 aromatic rings. The van der Waals surface area contributed by atoms with Crippen molar-refractivity contribution in [2.45, 2.75) is 19.6 Å². The molecule has 1 N–H and O–H groups in total. The minimum absolute atomic E-state index is 0.0236. The molecule has 0 spiro atoms. The SMILES string of the molecule is CNCc1cccc(Br)c1OC(C)c1ccccc1. The molecule has 2 rings (SSSR count). The lowest BCUT2D eigenvalue weighted by Gasteiger charge is -2.19. The van der Waals surface area contributed by atoms with Gasteiger partial charge < -0.3 is 10.1 Å². The lowest BCUT2D eigenvalue weighted by molar-refractivity contribution is 0.222. The van der Waals surface area contributed by atoms with Gasteiger partial charge in [-0.2, -0.15) is 0 Å². The minimum Gasteiger partial charge on any atom is -0.485 e. The highest BCUT2D eigenvalue weighted by Crippen LogP contribution is 2.32. The van der Waals surface area contributed by atoms with E-state index in [-0.39, 0.29) is 6.10 Å². The fourth-order valence-corrected chi connectivity index (χ4v) is 2.48. The predicted octanol–water partition coefficient (Wildman–Crippen LogP) is 4.31. The van der Waals surface area contributed by atoms with Gasteiger partial charge in [-0.05, 0) is 41.5 Å². The Morgan fingerprint density at radius 1 is 1.11 bits per heavy atom. The van der Waals surface area contributed by atoms with E-state index in [1.165, 1.54) is 5.56 Å². The third-order valence-electron chi connectivity index (χ3n) is 2.98. The molecule has 2 aromatic carbocycles. The van der Waals surface area contributed by atoms with Crippen LogP contribution in [-0.4, -0.2) is 7.05 Å². The molecule has 0 aromatic heterocycles. The van der Waals surface area contributed by atoms with E-state index in [0.717, 1.165) is 22.3 Å². The maximum absolute atomic E-state index is 6.13. The Morgan fingerprint density at radius 3 is 2.53 bits per heavy atom. The van der Waals surface area contributed by atoms with Gasteiger partial charge in [0, 0.05) is 12.1 Å². The summed E-state index contributed by atoms with van der Waals surface area (Å²) >= 11 is 3.57. The average Bonchev–Trinajstić information content (AvgIpc) is 2.44. The van der Waals surface area contributed by atoms with Gasteiger partial charge in [0.25, 0.3) is 0 Å². The van der Waals surface area contributed by atoms with Gasteiger partial charge in [0.2, 0.25) is 0 Å². The summed E-state index contributed by atoms with van der Waals surface area (Å²) < 4.78 is 7.12. The molecule has 1 unspecified atom stereocenters. The zero-order valence-corrected chi connectivity index (χ0v) is 12.8. The Hall–Kier alpha value is -1.32. The van der Waals surface area contributed by atoms with Crippen LogP contribution >= 0.6 is 15.9 Å². The van der Waals surface area contributed by atoms with Crippen molar-refractivity contribution in [1.29, 1.82) is 0 Å². The van der Waals surface area contributed by atoms with Crippen LogP contribution in [0, 0.1) is 0 Å². The van der Waals surface area contributed by atoms with Gasteiger partial charge in [-0.15, -0.1) is 0 Å². The first-order valence-corrected chi connectivity index (χ1v) is 7.15. The molecule has 0 saturated carbocycles. The number of ether oxygens (including phenoxy) is 1. The molecule has 3 heteroatoms. The second-order valence-electron chi connectivity index (χ2n) is 4.43. The van der Waals surface area contributed by atoms with Crippen LogP contribution in [0.15, 0.2) is 53.0 Å². The first-order chi connectivity index (χ1) is 9.22. The van der Waals surface area contributed by atoms with E-state index in [2.05, 4.69) is 46.4 Å². The smallest absolute Gasteiger partial charge is 0.138 e. The highest BCUT2D eigenvalue weighted by molar-refractivity contribution is 9.10. The van der Waals surface area contributed by atoms with E-state index in [1.54, 1.807) is 0 Å². The molecule has 0 saturated heterocycles. The summed E-state index contributed by atoms with van der Waals surface area (Å²) in [5.41, 5.74) is 2.33. The Labute approximate surface area is 122 Å². The summed E-state index contributed by atoms with van der Waals surface area (Å²) in [6.07, 6.45) is 0.0236. The summed E-state index contributed by atoms with van der Waals surface area (Å²) in [6.45, 7) is 2.86. The average molecular weight is 320 g/mol. The fraction of sp³-hybridized carbons (Fsp3) is 0.250. The first-order valence-electron chi connectivity index (χ1n) is 6.36. The van der Waals surface area contributed by atoms with Crippen LogP contribution in [0.25, 0.3) is 0 Å². The minimum atomic E-state index is 0.0236. The number of benzene rings is 2. The second kappa shape index (κ2) is 6.73. The van der Waals surface area contributed by atoms with Crippen molar-refractivity contribution in [3.8, 4) is 5.75 Å². The number of nitrogens with one attached hydrogen (secondary N) is 1. The van der Waals surface area contributed by atoms with Crippen molar-refractivity contribution in [3.05, 3.63) is 64.1 Å². The van der Waals surface area contributed by atoms with Gasteiger partial charge in [-0.25, -0.2) is 0 Å². The van der Waals surface area contributed by atoms with Gasteiger partial charge in [-0.1, -0.05) is 42.5 Å². The lowest BCUT2D eigenvalue weighted by Crippen LogP contribution is -2.10. The van der Waals surface area contributed by atoms with Gasteiger partial charge in [0.15, 0.2) is 0 Å². The van der Waals surface area contributed by atoms with Gasteiger partial charge in [-0.3, -0.25) is 0 Å². The number of hydrogen-bond donors (Lipinski definition) is 1. The monoisotopic (exact) mass is 319 g/mol. The molecule has 0 radical (unpaired) electrons. The zero-order valence-electron chi connectivity index (χ0n) is 11.2. The van der Waals surface area contributed by atoms with Crippen LogP contribution in [0.5, 0.6) is 5.75 Å². The van der Waals surface area contributed by atoms with E-state index in [0.29, 0.717) is 0 Å². The van der Waals surface area contributed by atoms with Crippen molar-refractivity contribution < 1.29 is 4.74 Å². The van der Waals surface area contributed by atoms with Crippen LogP contribution in [0.1, 0.15) is 24.2 Å². The zero-order chi connectivity index (χ0) is 13.7. The fourth-order valence-electron chi connectivity index (χ4n) is 1.98. The molecular formula is C16H18BrNO. The Bertz CT molecular complexity index is 528. The molecule has 2 nitrogen and oxygen atoms in total. The van der Waals surface area contributed by atoms with Crippen molar-refractivity contribution in [3.63, 3.8) is 0 Å². The molecule has 0 aliphatic rings. The third-order valence-corrected chi connectivity index (χ3v) is 3.60. The van der Waals surface area contributed by atoms with Crippen LogP contribution < -0.4 is 10.1 Å². The van der Waals surface area contributed by atoms with Crippen LogP contribution in [0.4, 0.5) is 0 Å². The van der Waals surface area contributed by atoms with Gasteiger partial charge in [0.1, 0.15) is 11.9 Å². The van der Waals surface area contributed by atoms with Crippen LogP contribution in [-0.2, 0) is 6.54 Å². The van der Waals surface area contributed by atoms with Crippen molar-refractivity contribution in [2.75, 3.05) is 7.05 Å². The van der Waals surface area contributed by atoms with E-state index in [1.807, 2.05) is 37.4 Å². The van der Waals surface area contributed by atoms with Gasteiger partial charge in [0.05, 0.1) is 4.47 Å². The lowest BCUT2D eigenvalue weighted by atomic mass is 10.1. The summed E-state index contributed by atoms with van der Waals surface area (Å²) in [5, 5.41) is 3.16. The molecule has 1 atom stereocenters. The third kappa shape index (κ3) is 3.58. The highest BCUT2D eigenvalue weighted by Gasteiger charge is 2.12. The molecule has 0 bridgehead atoms. The van der Waals surface area contributed by atoms with Gasteiger partial charge >= 0.3 is 0 Å². The van der Waals surface area contributed by atoms with Crippen LogP contribution in [0.3, 0.4) is 0 Å². The quantitative estimate of drug-likeness (QED) is 0.886. The summed E-state index contributed by atoms with van der Waals surface area (Å²) in [5.74, 6) is 0.910. The standard InChI is InChI=1S/C16H18BrNO/c1-12(13-7-4-3-5-8-13)19-16-14(11-18-2)9-6-10-15(16)17/h3-10,12,18H,11H2,1-2H3. The van der Waals surface area contributed by atoms with E-state index < -0.39 is 0 Å². The molecule has 0 aliphatic heterocycles. The molecule has 0 aliphatic carbocycles. The number of rotatable bonds is 5. The largest absolute Gasteiger partial charge is 0.485 e. The maximum atomic E-state index is 6.13. The summed E-state index contributed by atoms with van der Waals surface area (Å²) in [7, 11) is 1.94. The summed E-state index contributed by atoms with van der Waals surface area (Å²) in [4.78, 5) is 0. The van der Waals surface area contributed by atoms with Crippen LogP contribution in [0.2, 0.25) is 0 Å².